The monoisotopic (exact) mass is 283 g/mol. The third-order valence-corrected chi connectivity index (χ3v) is 5.39. The van der Waals surface area contributed by atoms with Crippen LogP contribution in [0.5, 0.6) is 0 Å². The molecule has 0 radical (unpaired) electrons. The maximum Gasteiger partial charge on any atom is 0.227 e. The van der Waals surface area contributed by atoms with Crippen LogP contribution in [0.2, 0.25) is 19.6 Å². The lowest BCUT2D eigenvalue weighted by atomic mass is 10.1. The van der Waals surface area contributed by atoms with Crippen LogP contribution in [0, 0.1) is 6.92 Å². The van der Waals surface area contributed by atoms with Crippen molar-refractivity contribution in [2.75, 3.05) is 5.32 Å². The molecule has 0 saturated heterocycles. The summed E-state index contributed by atoms with van der Waals surface area (Å²) < 4.78 is 0. The smallest absolute Gasteiger partial charge is 0.227 e. The number of anilines is 2. The van der Waals surface area contributed by atoms with Crippen molar-refractivity contribution in [2.24, 2.45) is 0 Å². The summed E-state index contributed by atoms with van der Waals surface area (Å²) in [4.78, 5) is 8.47. The minimum atomic E-state index is -1.45. The number of para-hydroxylation sites is 1. The van der Waals surface area contributed by atoms with Crippen LogP contribution < -0.4 is 5.32 Å². The van der Waals surface area contributed by atoms with Gasteiger partial charge in [0, 0.05) is 12.4 Å². The maximum absolute atomic E-state index is 4.32. The van der Waals surface area contributed by atoms with Gasteiger partial charge in [-0.15, -0.1) is 0 Å². The summed E-state index contributed by atoms with van der Waals surface area (Å²) in [5, 5.41) is 4.57. The zero-order chi connectivity index (χ0) is 14.8. The molecule has 0 fully saturated rings. The van der Waals surface area contributed by atoms with Crippen LogP contribution >= 0.6 is 0 Å². The van der Waals surface area contributed by atoms with E-state index in [2.05, 4.69) is 66.6 Å². The third kappa shape index (κ3) is 3.14. The van der Waals surface area contributed by atoms with Crippen LogP contribution in [-0.4, -0.2) is 18.0 Å². The zero-order valence-electron chi connectivity index (χ0n) is 12.6. The van der Waals surface area contributed by atoms with Gasteiger partial charge in [0.2, 0.25) is 5.95 Å². The van der Waals surface area contributed by atoms with Crippen molar-refractivity contribution in [1.82, 2.24) is 9.97 Å². The van der Waals surface area contributed by atoms with Crippen molar-refractivity contribution in [2.45, 2.75) is 26.6 Å². The fourth-order valence-corrected chi connectivity index (χ4v) is 2.98. The molecule has 2 rings (SSSR count). The van der Waals surface area contributed by atoms with E-state index in [0.717, 1.165) is 5.69 Å². The molecular formula is C16H21N3Si. The molecule has 0 aliphatic carbocycles. The second kappa shape index (κ2) is 5.59. The van der Waals surface area contributed by atoms with Crippen molar-refractivity contribution in [1.29, 1.82) is 0 Å². The summed E-state index contributed by atoms with van der Waals surface area (Å²) in [6, 6.07) is 8.10. The summed E-state index contributed by atoms with van der Waals surface area (Å²) in [5.74, 6) is 0.617. The molecule has 0 bridgehead atoms. The van der Waals surface area contributed by atoms with Gasteiger partial charge in [-0.25, -0.2) is 9.97 Å². The minimum Gasteiger partial charge on any atom is -0.323 e. The number of rotatable bonds is 4. The van der Waals surface area contributed by atoms with E-state index in [-0.39, 0.29) is 0 Å². The highest BCUT2D eigenvalue weighted by molar-refractivity contribution is 6.93. The molecule has 20 heavy (non-hydrogen) atoms. The number of benzene rings is 1. The van der Waals surface area contributed by atoms with E-state index in [4.69, 9.17) is 0 Å². The van der Waals surface area contributed by atoms with Crippen molar-refractivity contribution in [3.05, 3.63) is 54.4 Å². The predicted molar refractivity (Wildman–Crippen MR) is 88.9 cm³/mol. The lowest BCUT2D eigenvalue weighted by Crippen LogP contribution is -2.22. The molecule has 1 heterocycles. The Morgan fingerprint density at radius 2 is 1.75 bits per heavy atom. The first-order valence-electron chi connectivity index (χ1n) is 6.73. The second-order valence-corrected chi connectivity index (χ2v) is 11.0. The van der Waals surface area contributed by atoms with Gasteiger partial charge in [-0.1, -0.05) is 49.6 Å². The zero-order valence-corrected chi connectivity index (χ0v) is 13.6. The molecule has 0 unspecified atom stereocenters. The molecule has 4 heteroatoms. The molecule has 0 aliphatic rings. The van der Waals surface area contributed by atoms with Crippen LogP contribution in [0.1, 0.15) is 11.1 Å². The van der Waals surface area contributed by atoms with Gasteiger partial charge in [-0.05, 0) is 24.1 Å². The quantitative estimate of drug-likeness (QED) is 0.844. The average molecular weight is 283 g/mol. The lowest BCUT2D eigenvalue weighted by Gasteiger charge is -2.23. The largest absolute Gasteiger partial charge is 0.323 e. The molecule has 0 atom stereocenters. The number of nitrogens with one attached hydrogen (secondary N) is 1. The fourth-order valence-electron chi connectivity index (χ4n) is 1.96. The van der Waals surface area contributed by atoms with Gasteiger partial charge in [0.05, 0.1) is 13.8 Å². The van der Waals surface area contributed by atoms with Gasteiger partial charge in [0.25, 0.3) is 0 Å². The Morgan fingerprint density at radius 1 is 1.10 bits per heavy atom. The molecule has 0 spiro atoms. The van der Waals surface area contributed by atoms with E-state index < -0.39 is 8.07 Å². The van der Waals surface area contributed by atoms with E-state index in [1.54, 1.807) is 12.4 Å². The van der Waals surface area contributed by atoms with E-state index in [1.165, 1.54) is 16.3 Å². The Bertz CT molecular complexity index is 615. The highest BCUT2D eigenvalue weighted by Gasteiger charge is 2.22. The second-order valence-electron chi connectivity index (χ2n) is 5.92. The molecule has 1 aromatic heterocycles. The summed E-state index contributed by atoms with van der Waals surface area (Å²) >= 11 is 0. The predicted octanol–water partition coefficient (Wildman–Crippen LogP) is 4.42. The highest BCUT2D eigenvalue weighted by atomic mass is 28.3. The standard InChI is InChI=1S/C16H21N3Si/c1-12-8-6-9-14(13(2)20(3,4)5)15(12)19-16-17-10-7-11-18-16/h6-11H,2H2,1,3-5H3,(H,17,18,19). The fraction of sp³-hybridized carbons (Fsp3) is 0.250. The number of hydrogen-bond donors (Lipinski definition) is 1. The Hall–Kier alpha value is -1.94. The number of hydrogen-bond acceptors (Lipinski definition) is 3. The summed E-state index contributed by atoms with van der Waals surface area (Å²) in [6.45, 7) is 13.3. The number of aryl methyl sites for hydroxylation is 1. The molecule has 3 nitrogen and oxygen atoms in total. The summed E-state index contributed by atoms with van der Waals surface area (Å²) in [6.07, 6.45) is 3.47. The average Bonchev–Trinajstić information content (AvgIpc) is 2.40. The van der Waals surface area contributed by atoms with Crippen molar-refractivity contribution in [3.8, 4) is 0 Å². The Labute approximate surface area is 121 Å². The van der Waals surface area contributed by atoms with Gasteiger partial charge < -0.3 is 5.32 Å². The van der Waals surface area contributed by atoms with Crippen LogP contribution in [0.4, 0.5) is 11.6 Å². The molecule has 2 aromatic rings. The third-order valence-electron chi connectivity index (χ3n) is 3.31. The summed E-state index contributed by atoms with van der Waals surface area (Å²) in [7, 11) is -1.45. The van der Waals surface area contributed by atoms with Gasteiger partial charge in [-0.3, -0.25) is 0 Å². The van der Waals surface area contributed by atoms with E-state index >= 15 is 0 Å². The first kappa shape index (κ1) is 14.5. The molecule has 1 N–H and O–H groups in total. The topological polar surface area (TPSA) is 37.8 Å². The molecule has 104 valence electrons. The van der Waals surface area contributed by atoms with Crippen LogP contribution in [0.3, 0.4) is 0 Å². The van der Waals surface area contributed by atoms with E-state index in [1.807, 2.05) is 6.07 Å². The van der Waals surface area contributed by atoms with E-state index in [0.29, 0.717) is 5.95 Å². The lowest BCUT2D eigenvalue weighted by molar-refractivity contribution is 1.16. The van der Waals surface area contributed by atoms with Gasteiger partial charge in [-0.2, -0.15) is 0 Å². The first-order chi connectivity index (χ1) is 9.39. The Kier molecular flexibility index (Phi) is 4.04. The van der Waals surface area contributed by atoms with Gasteiger partial charge in [0.15, 0.2) is 0 Å². The molecule has 0 aliphatic heterocycles. The van der Waals surface area contributed by atoms with Crippen molar-refractivity contribution >= 4 is 24.9 Å². The minimum absolute atomic E-state index is 0.617. The molecule has 0 amide bonds. The normalized spacial score (nSPS) is 11.2. The van der Waals surface area contributed by atoms with Crippen LogP contribution in [-0.2, 0) is 0 Å². The first-order valence-corrected chi connectivity index (χ1v) is 10.2. The van der Waals surface area contributed by atoms with Crippen LogP contribution in [0.15, 0.2) is 43.2 Å². The Balaban J connectivity index is 2.45. The molecular weight excluding hydrogens is 262 g/mol. The SMILES string of the molecule is C=C(c1cccc(C)c1Nc1ncccn1)[Si](C)(C)C. The Morgan fingerprint density at radius 3 is 2.35 bits per heavy atom. The van der Waals surface area contributed by atoms with Gasteiger partial charge in [0.1, 0.15) is 0 Å². The van der Waals surface area contributed by atoms with Crippen LogP contribution in [0.25, 0.3) is 5.20 Å². The molecule has 1 aromatic carbocycles. The van der Waals surface area contributed by atoms with Crippen molar-refractivity contribution in [3.63, 3.8) is 0 Å². The van der Waals surface area contributed by atoms with Gasteiger partial charge >= 0.3 is 0 Å². The number of nitrogens with zero attached hydrogens (tertiary/aromatic N) is 2. The highest BCUT2D eigenvalue weighted by Crippen LogP contribution is 2.33. The van der Waals surface area contributed by atoms with E-state index in [9.17, 15) is 0 Å². The summed E-state index contributed by atoms with van der Waals surface area (Å²) in [5.41, 5.74) is 3.41. The van der Waals surface area contributed by atoms with Crippen molar-refractivity contribution < 1.29 is 0 Å². The number of aromatic nitrogens is 2. The maximum atomic E-state index is 4.32. The molecule has 0 saturated carbocycles.